The van der Waals surface area contributed by atoms with Gasteiger partial charge in [0.25, 0.3) is 0 Å². The summed E-state index contributed by atoms with van der Waals surface area (Å²) in [6.45, 7) is 4.18. The number of para-hydroxylation sites is 1. The van der Waals surface area contributed by atoms with Crippen molar-refractivity contribution in [3.63, 3.8) is 0 Å². The molecule has 0 aliphatic carbocycles. The van der Waals surface area contributed by atoms with Crippen LogP contribution >= 0.6 is 11.3 Å². The second-order valence-corrected chi connectivity index (χ2v) is 8.25. The van der Waals surface area contributed by atoms with Crippen molar-refractivity contribution in [2.75, 3.05) is 0 Å². The number of ether oxygens (including phenoxy) is 1. The molecule has 0 spiro atoms. The highest BCUT2D eigenvalue weighted by atomic mass is 32.1. The van der Waals surface area contributed by atoms with E-state index in [9.17, 15) is 4.79 Å². The second-order valence-electron chi connectivity index (χ2n) is 7.22. The summed E-state index contributed by atoms with van der Waals surface area (Å²) in [5.41, 5.74) is 3.31. The molecule has 1 atom stereocenters. The van der Waals surface area contributed by atoms with E-state index in [1.54, 1.807) is 23.5 Å². The summed E-state index contributed by atoms with van der Waals surface area (Å²) < 4.78 is 7.42. The lowest BCUT2D eigenvalue weighted by Gasteiger charge is -2.23. The van der Waals surface area contributed by atoms with Gasteiger partial charge in [0, 0.05) is 5.56 Å². The highest BCUT2D eigenvalue weighted by molar-refractivity contribution is 7.21. The molecule has 0 saturated heterocycles. The fourth-order valence-corrected chi connectivity index (χ4v) is 4.19. The van der Waals surface area contributed by atoms with Crippen molar-refractivity contribution >= 4 is 27.5 Å². The van der Waals surface area contributed by atoms with Crippen LogP contribution in [-0.4, -0.2) is 16.1 Å². The molecule has 0 amide bonds. The number of hydrogen-bond acceptors (Lipinski definition) is 4. The highest BCUT2D eigenvalue weighted by Crippen LogP contribution is 2.33. The number of thiazole rings is 1. The molecular formula is C24H21NO3S. The second kappa shape index (κ2) is 8.05. The summed E-state index contributed by atoms with van der Waals surface area (Å²) in [6.07, 6.45) is -0.161. The molecule has 0 aliphatic heterocycles. The van der Waals surface area contributed by atoms with E-state index in [0.717, 1.165) is 27.4 Å². The van der Waals surface area contributed by atoms with Crippen LogP contribution in [0.2, 0.25) is 0 Å². The molecule has 29 heavy (non-hydrogen) atoms. The van der Waals surface area contributed by atoms with Crippen LogP contribution in [0.25, 0.3) is 20.8 Å². The summed E-state index contributed by atoms with van der Waals surface area (Å²) in [6, 6.07) is 23.0. The Morgan fingerprint density at radius 1 is 0.966 bits per heavy atom. The minimum Gasteiger partial charge on any atom is -0.485 e. The highest BCUT2D eigenvalue weighted by Gasteiger charge is 2.18. The smallest absolute Gasteiger partial charge is 0.335 e. The monoisotopic (exact) mass is 403 g/mol. The first-order chi connectivity index (χ1) is 14.0. The topological polar surface area (TPSA) is 59.4 Å². The van der Waals surface area contributed by atoms with E-state index in [1.165, 1.54) is 4.70 Å². The van der Waals surface area contributed by atoms with E-state index in [4.69, 9.17) is 14.8 Å². The zero-order chi connectivity index (χ0) is 20.4. The molecule has 3 aromatic carbocycles. The van der Waals surface area contributed by atoms with Gasteiger partial charge in [0.15, 0.2) is 0 Å². The Balaban J connectivity index is 1.55. The Labute approximate surface area is 173 Å². The molecule has 4 aromatic rings. The van der Waals surface area contributed by atoms with Gasteiger partial charge in [0.2, 0.25) is 0 Å². The minimum absolute atomic E-state index is 0.161. The zero-order valence-corrected chi connectivity index (χ0v) is 17.0. The fourth-order valence-electron chi connectivity index (χ4n) is 3.22. The largest absolute Gasteiger partial charge is 0.485 e. The van der Waals surface area contributed by atoms with Gasteiger partial charge in [-0.3, -0.25) is 0 Å². The van der Waals surface area contributed by atoms with Crippen molar-refractivity contribution in [1.82, 2.24) is 4.98 Å². The van der Waals surface area contributed by atoms with E-state index >= 15 is 0 Å². The number of carboxylic acids is 1. The van der Waals surface area contributed by atoms with Crippen molar-refractivity contribution in [2.45, 2.75) is 20.0 Å². The first-order valence-electron chi connectivity index (χ1n) is 9.47. The van der Waals surface area contributed by atoms with Crippen LogP contribution in [0.3, 0.4) is 0 Å². The number of carboxylic acid groups (broad SMARTS) is 1. The third-order valence-corrected chi connectivity index (χ3v) is 5.84. The Hall–Kier alpha value is -3.18. The number of nitrogens with zero attached hydrogens (tertiary/aromatic N) is 1. The molecule has 146 valence electrons. The maximum absolute atomic E-state index is 11.1. The fraction of sp³-hybridized carbons (Fsp3) is 0.167. The summed E-state index contributed by atoms with van der Waals surface area (Å²) in [5, 5.41) is 10.1. The Morgan fingerprint density at radius 2 is 1.66 bits per heavy atom. The normalized spacial score (nSPS) is 12.2. The van der Waals surface area contributed by atoms with Crippen LogP contribution in [0.4, 0.5) is 0 Å². The third-order valence-electron chi connectivity index (χ3n) is 4.75. The van der Waals surface area contributed by atoms with Crippen LogP contribution in [0.1, 0.15) is 35.9 Å². The Kier molecular flexibility index (Phi) is 5.32. The molecule has 5 heteroatoms. The summed E-state index contributed by atoms with van der Waals surface area (Å²) in [7, 11) is 0. The van der Waals surface area contributed by atoms with Gasteiger partial charge < -0.3 is 9.84 Å². The van der Waals surface area contributed by atoms with Gasteiger partial charge in [0.1, 0.15) is 16.9 Å². The van der Waals surface area contributed by atoms with E-state index in [-0.39, 0.29) is 17.6 Å². The molecule has 0 saturated carbocycles. The number of rotatable bonds is 6. The summed E-state index contributed by atoms with van der Waals surface area (Å²) in [4.78, 5) is 15.8. The molecule has 4 nitrogen and oxygen atoms in total. The van der Waals surface area contributed by atoms with E-state index in [0.29, 0.717) is 0 Å². The van der Waals surface area contributed by atoms with E-state index in [2.05, 4.69) is 19.9 Å². The molecule has 0 radical (unpaired) electrons. The predicted octanol–water partition coefficient (Wildman–Crippen LogP) is 6.44. The van der Waals surface area contributed by atoms with Gasteiger partial charge in [-0.1, -0.05) is 38.1 Å². The van der Waals surface area contributed by atoms with Crippen LogP contribution in [0.5, 0.6) is 5.75 Å². The van der Waals surface area contributed by atoms with Gasteiger partial charge in [-0.2, -0.15) is 0 Å². The Morgan fingerprint density at radius 3 is 2.28 bits per heavy atom. The molecule has 1 heterocycles. The molecule has 1 N–H and O–H groups in total. The summed E-state index contributed by atoms with van der Waals surface area (Å²) >= 11 is 1.68. The first-order valence-corrected chi connectivity index (χ1v) is 10.3. The third kappa shape index (κ3) is 4.15. The maximum Gasteiger partial charge on any atom is 0.335 e. The molecule has 0 aliphatic rings. The average Bonchev–Trinajstić information content (AvgIpc) is 3.16. The SMILES string of the molecule is CC(C)C(Oc1ccc(-c2nc3ccccc3s2)cc1)c1ccc(C(=O)O)cc1. The van der Waals surface area contributed by atoms with Gasteiger partial charge in [-0.15, -0.1) is 11.3 Å². The molecule has 0 bridgehead atoms. The van der Waals surface area contributed by atoms with Crippen molar-refractivity contribution in [2.24, 2.45) is 5.92 Å². The number of aromatic nitrogens is 1. The van der Waals surface area contributed by atoms with E-state index in [1.807, 2.05) is 54.6 Å². The first kappa shape index (κ1) is 19.2. The molecule has 1 unspecified atom stereocenters. The van der Waals surface area contributed by atoms with Crippen LogP contribution in [0, 0.1) is 5.92 Å². The number of benzene rings is 3. The maximum atomic E-state index is 11.1. The lowest BCUT2D eigenvalue weighted by Crippen LogP contribution is -2.14. The molecular weight excluding hydrogens is 382 g/mol. The van der Waals surface area contributed by atoms with Crippen LogP contribution in [0.15, 0.2) is 72.8 Å². The lowest BCUT2D eigenvalue weighted by atomic mass is 9.98. The molecule has 0 fully saturated rings. The van der Waals surface area contributed by atoms with Crippen molar-refractivity contribution in [3.05, 3.63) is 83.9 Å². The van der Waals surface area contributed by atoms with Crippen LogP contribution < -0.4 is 4.74 Å². The van der Waals surface area contributed by atoms with Gasteiger partial charge >= 0.3 is 5.97 Å². The van der Waals surface area contributed by atoms with Crippen molar-refractivity contribution in [1.29, 1.82) is 0 Å². The standard InChI is InChI=1S/C24H21NO3S/c1-15(2)22(16-7-9-18(10-8-16)24(26)27)28-19-13-11-17(12-14-19)23-25-20-5-3-4-6-21(20)29-23/h3-15,22H,1-2H3,(H,26,27). The van der Waals surface area contributed by atoms with E-state index < -0.39 is 5.97 Å². The average molecular weight is 404 g/mol. The number of hydrogen-bond donors (Lipinski definition) is 1. The Bertz CT molecular complexity index is 1100. The zero-order valence-electron chi connectivity index (χ0n) is 16.2. The van der Waals surface area contributed by atoms with Crippen molar-refractivity contribution in [3.8, 4) is 16.3 Å². The predicted molar refractivity (Wildman–Crippen MR) is 117 cm³/mol. The lowest BCUT2D eigenvalue weighted by molar-refractivity contribution is 0.0696. The number of carbonyl (C=O) groups is 1. The number of fused-ring (bicyclic) bond motifs is 1. The van der Waals surface area contributed by atoms with Gasteiger partial charge in [0.05, 0.1) is 15.8 Å². The molecule has 4 rings (SSSR count). The molecule has 1 aromatic heterocycles. The minimum atomic E-state index is -0.927. The summed E-state index contributed by atoms with van der Waals surface area (Å²) in [5.74, 6) is 0.0782. The van der Waals surface area contributed by atoms with Gasteiger partial charge in [-0.05, 0) is 60.0 Å². The van der Waals surface area contributed by atoms with Crippen LogP contribution in [-0.2, 0) is 0 Å². The van der Waals surface area contributed by atoms with Gasteiger partial charge in [-0.25, -0.2) is 9.78 Å². The number of aromatic carboxylic acids is 1. The van der Waals surface area contributed by atoms with Crippen molar-refractivity contribution < 1.29 is 14.6 Å². The quantitative estimate of drug-likeness (QED) is 0.402.